The molecule has 40 heavy (non-hydrogen) atoms. The highest BCUT2D eigenvalue weighted by Gasteiger charge is 2.41. The van der Waals surface area contributed by atoms with Crippen LogP contribution in [0.1, 0.15) is 53.7 Å². The molecule has 1 heterocycles. The minimum absolute atomic E-state index is 0.00612. The van der Waals surface area contributed by atoms with E-state index in [2.05, 4.69) is 5.16 Å². The van der Waals surface area contributed by atoms with Crippen molar-refractivity contribution in [1.29, 1.82) is 0 Å². The van der Waals surface area contributed by atoms with Crippen molar-refractivity contribution in [3.63, 3.8) is 0 Å². The van der Waals surface area contributed by atoms with Crippen LogP contribution in [0, 0.1) is 13.8 Å². The number of nitrogens with two attached hydrogens (primary N) is 1. The Morgan fingerprint density at radius 3 is 2.17 bits per heavy atom. The summed E-state index contributed by atoms with van der Waals surface area (Å²) in [6, 6.07) is 11.5. The molecule has 2 N–H and O–H groups in total. The number of amides is 3. The number of primary amides is 1. The number of hydrogen-bond donors (Lipinski definition) is 1. The van der Waals surface area contributed by atoms with Crippen LogP contribution in [-0.4, -0.2) is 65.4 Å². The lowest BCUT2D eigenvalue weighted by molar-refractivity contribution is -0.136. The van der Waals surface area contributed by atoms with Crippen molar-refractivity contribution in [2.24, 2.45) is 5.73 Å². The van der Waals surface area contributed by atoms with Crippen LogP contribution in [0.2, 0.25) is 0 Å². The third-order valence-electron chi connectivity index (χ3n) is 6.68. The Morgan fingerprint density at radius 2 is 1.65 bits per heavy atom. The number of hydrogen-bond acceptors (Lipinski definition) is 7. The molecule has 214 valence electrons. The number of benzene rings is 2. The predicted octanol–water partition coefficient (Wildman–Crippen LogP) is 3.47. The molecule has 2 aromatic carbocycles. The molecule has 11 heteroatoms. The highest BCUT2D eigenvalue weighted by atomic mass is 32.2. The number of nitrogens with zero attached hydrogens (tertiary/aromatic N) is 3. The molecule has 1 aromatic heterocycles. The molecule has 10 nitrogen and oxygen atoms in total. The smallest absolute Gasteiger partial charge is 0.259 e. The van der Waals surface area contributed by atoms with Crippen LogP contribution >= 0.6 is 0 Å². The first kappa shape index (κ1) is 30.6. The van der Waals surface area contributed by atoms with E-state index in [1.807, 2.05) is 26.8 Å². The fraction of sp³-hybridized carbons (Fsp3) is 0.379. The monoisotopic (exact) mass is 568 g/mol. The Morgan fingerprint density at radius 1 is 1.02 bits per heavy atom. The maximum atomic E-state index is 14.1. The summed E-state index contributed by atoms with van der Waals surface area (Å²) < 4.78 is 32.4. The van der Waals surface area contributed by atoms with Crippen LogP contribution in [0.25, 0.3) is 11.3 Å². The van der Waals surface area contributed by atoms with Gasteiger partial charge in [-0.1, -0.05) is 60.0 Å². The van der Waals surface area contributed by atoms with Gasteiger partial charge in [-0.3, -0.25) is 14.4 Å². The van der Waals surface area contributed by atoms with E-state index in [1.165, 1.54) is 25.1 Å². The number of sulfonamides is 1. The van der Waals surface area contributed by atoms with Crippen molar-refractivity contribution < 1.29 is 27.3 Å². The fourth-order valence-corrected chi connectivity index (χ4v) is 6.31. The first-order valence-electron chi connectivity index (χ1n) is 13.1. The molecule has 0 aliphatic rings. The molecule has 0 unspecified atom stereocenters. The number of aryl methyl sites for hydroxylation is 2. The third-order valence-corrected chi connectivity index (χ3v) is 8.58. The Bertz CT molecular complexity index is 1430. The normalized spacial score (nSPS) is 12.9. The van der Waals surface area contributed by atoms with Crippen molar-refractivity contribution in [3.05, 3.63) is 77.0 Å². The van der Waals surface area contributed by atoms with Crippen LogP contribution in [0.15, 0.2) is 59.3 Å². The van der Waals surface area contributed by atoms with Gasteiger partial charge in [-0.15, -0.1) is 0 Å². The molecule has 3 rings (SSSR count). The van der Waals surface area contributed by atoms with Crippen molar-refractivity contribution in [2.75, 3.05) is 12.8 Å². The first-order chi connectivity index (χ1) is 18.9. The van der Waals surface area contributed by atoms with Crippen LogP contribution in [0.5, 0.6) is 0 Å². The van der Waals surface area contributed by atoms with Gasteiger partial charge in [-0.2, -0.15) is 0 Å². The van der Waals surface area contributed by atoms with Crippen molar-refractivity contribution in [3.8, 4) is 11.3 Å². The molecule has 0 saturated carbocycles. The molecule has 0 aliphatic carbocycles. The van der Waals surface area contributed by atoms with Gasteiger partial charge >= 0.3 is 0 Å². The number of likely N-dealkylation sites (N-methyl/N-ethyl adjacent to an activating group) is 1. The van der Waals surface area contributed by atoms with E-state index in [1.54, 1.807) is 42.5 Å². The van der Waals surface area contributed by atoms with Gasteiger partial charge in [0.05, 0.1) is 11.9 Å². The minimum Gasteiger partial charge on any atom is -0.368 e. The summed E-state index contributed by atoms with van der Waals surface area (Å²) in [7, 11) is -2.76. The van der Waals surface area contributed by atoms with E-state index in [9.17, 15) is 22.8 Å². The lowest BCUT2D eigenvalue weighted by Gasteiger charge is -2.34. The number of rotatable bonds is 12. The number of carbonyl (C=O) groups excluding carboxylic acids is 3. The molecule has 3 amide bonds. The molecular weight excluding hydrogens is 532 g/mol. The number of aromatic nitrogens is 1. The summed E-state index contributed by atoms with van der Waals surface area (Å²) in [4.78, 5) is 41.1. The maximum Gasteiger partial charge on any atom is 0.259 e. The summed E-state index contributed by atoms with van der Waals surface area (Å²) in [5, 5.41) is 3.71. The molecule has 0 bridgehead atoms. The van der Waals surface area contributed by atoms with Crippen molar-refractivity contribution in [2.45, 2.75) is 59.0 Å². The van der Waals surface area contributed by atoms with Gasteiger partial charge in [0.2, 0.25) is 15.9 Å². The van der Waals surface area contributed by atoms with Gasteiger partial charge < -0.3 is 15.2 Å². The summed E-state index contributed by atoms with van der Waals surface area (Å²) >= 11 is 0. The molecule has 0 aliphatic heterocycles. The van der Waals surface area contributed by atoms with Gasteiger partial charge in [0.25, 0.3) is 11.8 Å². The van der Waals surface area contributed by atoms with Crippen LogP contribution in [-0.2, 0) is 26.0 Å². The van der Waals surface area contributed by atoms with E-state index in [0.29, 0.717) is 34.0 Å². The first-order valence-corrected chi connectivity index (χ1v) is 14.7. The number of unbranched alkanes of at least 4 members (excludes halogenated alkanes) is 1. The summed E-state index contributed by atoms with van der Waals surface area (Å²) in [6.45, 7) is 6.82. The molecular formula is C29H36N4O6S. The summed E-state index contributed by atoms with van der Waals surface area (Å²) in [6.07, 6.45) is 2.38. The second-order valence-corrected chi connectivity index (χ2v) is 11.9. The highest BCUT2D eigenvalue weighted by molar-refractivity contribution is 7.89. The fourth-order valence-electron chi connectivity index (χ4n) is 4.48. The standard InChI is InChI=1S/C29H36N4O6S/c1-6-7-14-40(37,38)33(21(4)27(30)34)29(36)25(32(5)28(35)24-16-19(2)15-20(3)17-24)18-22-8-10-23(11-9-22)26-12-13-31-39-26/h8-13,15-17,21,25H,6-7,14,18H2,1-5H3,(H2,30,34)/t21-,25-/m0/s1. The van der Waals surface area contributed by atoms with E-state index in [-0.39, 0.29) is 12.2 Å². The third kappa shape index (κ3) is 7.15. The van der Waals surface area contributed by atoms with Crippen molar-refractivity contribution in [1.82, 2.24) is 14.4 Å². The average molecular weight is 569 g/mol. The molecule has 0 radical (unpaired) electrons. The van der Waals surface area contributed by atoms with E-state index >= 15 is 0 Å². The Balaban J connectivity index is 2.06. The van der Waals surface area contributed by atoms with E-state index in [4.69, 9.17) is 10.3 Å². The summed E-state index contributed by atoms with van der Waals surface area (Å²) in [5.41, 5.74) is 9.01. The summed E-state index contributed by atoms with van der Waals surface area (Å²) in [5.74, 6) is -2.10. The van der Waals surface area contributed by atoms with Crippen LogP contribution in [0.3, 0.4) is 0 Å². The molecule has 0 spiro atoms. The van der Waals surface area contributed by atoms with Gasteiger partial charge in [-0.05, 0) is 44.9 Å². The SMILES string of the molecule is CCCCS(=O)(=O)N(C(=O)[C@H](Cc1ccc(-c2ccno2)cc1)N(C)C(=O)c1cc(C)cc(C)c1)[C@@H](C)C(N)=O. The van der Waals surface area contributed by atoms with Gasteiger partial charge in [0.1, 0.15) is 12.1 Å². The zero-order valence-electron chi connectivity index (χ0n) is 23.5. The van der Waals surface area contributed by atoms with Crippen molar-refractivity contribution >= 4 is 27.7 Å². The topological polar surface area (TPSA) is 144 Å². The quantitative estimate of drug-likeness (QED) is 0.352. The predicted molar refractivity (Wildman–Crippen MR) is 152 cm³/mol. The van der Waals surface area contributed by atoms with Gasteiger partial charge in [0.15, 0.2) is 5.76 Å². The van der Waals surface area contributed by atoms with E-state index < -0.39 is 39.8 Å². The second-order valence-electron chi connectivity index (χ2n) is 9.97. The molecule has 0 saturated heterocycles. The molecule has 0 fully saturated rings. The Hall–Kier alpha value is -3.99. The van der Waals surface area contributed by atoms with Gasteiger partial charge in [0, 0.05) is 30.7 Å². The average Bonchev–Trinajstić information content (AvgIpc) is 3.44. The zero-order valence-corrected chi connectivity index (χ0v) is 24.3. The lowest BCUT2D eigenvalue weighted by Crippen LogP contribution is -2.57. The number of carbonyl (C=O) groups is 3. The second kappa shape index (κ2) is 12.9. The Labute approximate surface area is 235 Å². The highest BCUT2D eigenvalue weighted by Crippen LogP contribution is 2.23. The minimum atomic E-state index is -4.21. The van der Waals surface area contributed by atoms with Crippen LogP contribution < -0.4 is 5.73 Å². The molecule has 3 aromatic rings. The molecule has 2 atom stereocenters. The largest absolute Gasteiger partial charge is 0.368 e. The zero-order chi connectivity index (χ0) is 29.6. The Kier molecular flexibility index (Phi) is 9.86. The van der Waals surface area contributed by atoms with E-state index in [0.717, 1.165) is 16.7 Å². The maximum absolute atomic E-state index is 14.1. The van der Waals surface area contributed by atoms with Gasteiger partial charge in [-0.25, -0.2) is 12.7 Å². The lowest BCUT2D eigenvalue weighted by atomic mass is 10.00. The van der Waals surface area contributed by atoms with Crippen LogP contribution in [0.4, 0.5) is 0 Å².